The fraction of sp³-hybridized carbons (Fsp3) is 0.531. The van der Waals surface area contributed by atoms with E-state index in [1.807, 2.05) is 0 Å². The summed E-state index contributed by atoms with van der Waals surface area (Å²) in [6.45, 7) is 9.32. The molecule has 4 aromatic carbocycles. The SMILES string of the molecule is CCCCCCCCC1(CCCCCCCC)c2ccccc2-c2ccc(-c3nc4cscc4nc3-c3ccc4c(c3)C(CCCCCCCC)(CCCCCCCC)c3ccccc3-4)cc21. The molecule has 0 aliphatic heterocycles. The summed E-state index contributed by atoms with van der Waals surface area (Å²) in [4.78, 5) is 11.2. The first-order valence-corrected chi connectivity index (χ1v) is 28.8. The summed E-state index contributed by atoms with van der Waals surface area (Å²) < 4.78 is 0. The Bertz CT molecular complexity index is 2270. The lowest BCUT2D eigenvalue weighted by molar-refractivity contribution is 0.398. The molecular weight excluding hydrogens is 829 g/mol. The normalized spacial score (nSPS) is 14.1. The second-order valence-corrected chi connectivity index (χ2v) is 21.7. The minimum atomic E-state index is 0.0174. The van der Waals surface area contributed by atoms with E-state index in [1.54, 1.807) is 22.5 Å². The zero-order valence-corrected chi connectivity index (χ0v) is 43.2. The van der Waals surface area contributed by atoms with Crippen LogP contribution in [0, 0.1) is 0 Å². The van der Waals surface area contributed by atoms with Crippen LogP contribution in [0.1, 0.15) is 230 Å². The van der Waals surface area contributed by atoms with E-state index in [0.717, 1.165) is 22.4 Å². The van der Waals surface area contributed by atoms with E-state index in [9.17, 15) is 0 Å². The first kappa shape index (κ1) is 49.3. The van der Waals surface area contributed by atoms with Gasteiger partial charge in [0.15, 0.2) is 0 Å². The molecule has 356 valence electrons. The molecule has 0 radical (unpaired) electrons. The zero-order chi connectivity index (χ0) is 46.3. The summed E-state index contributed by atoms with van der Waals surface area (Å²) in [6.07, 6.45) is 36.7. The second kappa shape index (κ2) is 24.5. The Labute approximate surface area is 411 Å². The van der Waals surface area contributed by atoms with Crippen molar-refractivity contribution in [2.45, 2.75) is 218 Å². The van der Waals surface area contributed by atoms with Gasteiger partial charge in [0.1, 0.15) is 11.0 Å². The van der Waals surface area contributed by atoms with Gasteiger partial charge in [0, 0.05) is 32.7 Å². The van der Waals surface area contributed by atoms with Gasteiger partial charge in [-0.15, -0.1) is 11.3 Å². The van der Waals surface area contributed by atoms with Crippen molar-refractivity contribution in [1.82, 2.24) is 9.97 Å². The number of hydrogen-bond acceptors (Lipinski definition) is 3. The zero-order valence-electron chi connectivity index (χ0n) is 42.3. The van der Waals surface area contributed by atoms with Crippen LogP contribution in [0.15, 0.2) is 95.7 Å². The molecule has 0 saturated heterocycles. The molecule has 0 saturated carbocycles. The molecule has 0 atom stereocenters. The monoisotopic (exact) mass is 913 g/mol. The van der Waals surface area contributed by atoms with Gasteiger partial charge in [-0.3, -0.25) is 0 Å². The maximum atomic E-state index is 5.60. The first-order valence-electron chi connectivity index (χ1n) is 27.8. The van der Waals surface area contributed by atoms with Crippen molar-refractivity contribution in [3.8, 4) is 44.8 Å². The summed E-state index contributed by atoms with van der Waals surface area (Å²) in [6, 6.07) is 33.8. The molecule has 2 aromatic heterocycles. The lowest BCUT2D eigenvalue weighted by atomic mass is 9.70. The Kier molecular flexibility index (Phi) is 18.0. The van der Waals surface area contributed by atoms with Crippen LogP contribution in [0.4, 0.5) is 0 Å². The lowest BCUT2D eigenvalue weighted by Gasteiger charge is -2.33. The molecule has 6 aromatic rings. The molecule has 2 nitrogen and oxygen atoms in total. The van der Waals surface area contributed by atoms with Crippen LogP contribution in [-0.4, -0.2) is 9.97 Å². The molecule has 0 N–H and O–H groups in total. The lowest BCUT2D eigenvalue weighted by Crippen LogP contribution is -2.25. The quantitative estimate of drug-likeness (QED) is 0.0421. The van der Waals surface area contributed by atoms with Crippen LogP contribution in [0.3, 0.4) is 0 Å². The largest absolute Gasteiger partial charge is 0.243 e. The highest BCUT2D eigenvalue weighted by Crippen LogP contribution is 2.57. The maximum absolute atomic E-state index is 5.60. The Morgan fingerprint density at radius 1 is 0.343 bits per heavy atom. The fourth-order valence-corrected chi connectivity index (χ4v) is 13.2. The molecule has 0 fully saturated rings. The van der Waals surface area contributed by atoms with Crippen molar-refractivity contribution >= 4 is 22.4 Å². The minimum absolute atomic E-state index is 0.0174. The number of nitrogens with zero attached hydrogens (tertiary/aromatic N) is 2. The third-order valence-corrected chi connectivity index (χ3v) is 16.9. The van der Waals surface area contributed by atoms with Gasteiger partial charge in [0.25, 0.3) is 0 Å². The highest BCUT2D eigenvalue weighted by atomic mass is 32.1. The third kappa shape index (κ3) is 11.0. The van der Waals surface area contributed by atoms with Crippen LogP contribution >= 0.6 is 11.3 Å². The minimum Gasteiger partial charge on any atom is -0.243 e. The Morgan fingerprint density at radius 2 is 0.657 bits per heavy atom. The summed E-state index contributed by atoms with van der Waals surface area (Å²) in [5.74, 6) is 0. The molecule has 3 heteroatoms. The van der Waals surface area contributed by atoms with Crippen molar-refractivity contribution in [3.05, 3.63) is 118 Å². The average Bonchev–Trinajstić information content (AvgIpc) is 4.02. The molecule has 0 spiro atoms. The summed E-state index contributed by atoms with van der Waals surface area (Å²) in [5, 5.41) is 4.40. The van der Waals surface area contributed by atoms with Crippen LogP contribution in [-0.2, 0) is 10.8 Å². The fourth-order valence-electron chi connectivity index (χ4n) is 12.6. The smallest absolute Gasteiger partial charge is 0.100 e. The molecule has 67 heavy (non-hydrogen) atoms. The van der Waals surface area contributed by atoms with E-state index in [4.69, 9.17) is 9.97 Å². The van der Waals surface area contributed by atoms with Gasteiger partial charge < -0.3 is 0 Å². The number of benzene rings is 4. The van der Waals surface area contributed by atoms with Gasteiger partial charge in [-0.05, 0) is 82.3 Å². The molecule has 2 aliphatic rings. The average molecular weight is 913 g/mol. The second-order valence-electron chi connectivity index (χ2n) is 20.9. The van der Waals surface area contributed by atoms with Crippen molar-refractivity contribution in [3.63, 3.8) is 0 Å². The number of rotatable bonds is 30. The van der Waals surface area contributed by atoms with E-state index in [1.165, 1.54) is 224 Å². The van der Waals surface area contributed by atoms with E-state index < -0.39 is 0 Å². The van der Waals surface area contributed by atoms with Gasteiger partial charge in [-0.2, -0.15) is 0 Å². The topological polar surface area (TPSA) is 25.8 Å². The van der Waals surface area contributed by atoms with Gasteiger partial charge in [-0.25, -0.2) is 9.97 Å². The Hall–Kier alpha value is -4.08. The van der Waals surface area contributed by atoms with Crippen LogP contribution in [0.5, 0.6) is 0 Å². The van der Waals surface area contributed by atoms with Crippen LogP contribution in [0.2, 0.25) is 0 Å². The van der Waals surface area contributed by atoms with Crippen molar-refractivity contribution in [2.24, 2.45) is 0 Å². The Balaban J connectivity index is 1.21. The maximum Gasteiger partial charge on any atom is 0.100 e. The number of fused-ring (bicyclic) bond motifs is 7. The molecule has 0 bridgehead atoms. The van der Waals surface area contributed by atoms with E-state index >= 15 is 0 Å². The van der Waals surface area contributed by atoms with E-state index in [0.29, 0.717) is 0 Å². The van der Waals surface area contributed by atoms with Gasteiger partial charge >= 0.3 is 0 Å². The van der Waals surface area contributed by atoms with Crippen LogP contribution in [0.25, 0.3) is 55.8 Å². The van der Waals surface area contributed by atoms with Crippen molar-refractivity contribution in [2.75, 3.05) is 0 Å². The van der Waals surface area contributed by atoms with Crippen molar-refractivity contribution < 1.29 is 0 Å². The number of thiophene rings is 1. The number of unbranched alkanes of at least 4 members (excludes halogenated alkanes) is 20. The van der Waals surface area contributed by atoms with Gasteiger partial charge in [-0.1, -0.05) is 255 Å². The standard InChI is InChI=1S/C64H84N2S/c1-5-9-13-17-21-29-41-63(42-30-22-18-14-10-6-2)55-35-27-25-33-51(55)53-39-37-49(45-57(53)63)61-62(66-60-48-67-47-59(60)65-61)50-38-40-54-52-34-26-28-36-56(52)64(58(54)46-50,43-31-23-19-15-11-7-3)44-32-24-20-16-12-8-4/h25-28,33-40,45-48H,5-24,29-32,41-44H2,1-4H3. The van der Waals surface area contributed by atoms with Crippen LogP contribution < -0.4 is 0 Å². The predicted molar refractivity (Wildman–Crippen MR) is 293 cm³/mol. The molecule has 2 heterocycles. The van der Waals surface area contributed by atoms with E-state index in [2.05, 4.69) is 123 Å². The third-order valence-electron chi connectivity index (χ3n) is 16.2. The molecule has 2 aliphatic carbocycles. The van der Waals surface area contributed by atoms with Gasteiger partial charge in [0.2, 0.25) is 0 Å². The molecule has 8 rings (SSSR count). The number of hydrogen-bond donors (Lipinski definition) is 0. The van der Waals surface area contributed by atoms with Crippen molar-refractivity contribution in [1.29, 1.82) is 0 Å². The van der Waals surface area contributed by atoms with Gasteiger partial charge in [0.05, 0.1) is 11.4 Å². The summed E-state index contributed by atoms with van der Waals surface area (Å²) in [7, 11) is 0. The highest BCUT2D eigenvalue weighted by Gasteiger charge is 2.44. The predicted octanol–water partition coefficient (Wildman–Crippen LogP) is 20.6. The first-order chi connectivity index (χ1) is 33.1. The molecule has 0 amide bonds. The summed E-state index contributed by atoms with van der Waals surface area (Å²) >= 11 is 1.72. The molecular formula is C64H84N2S. The Morgan fingerprint density at radius 3 is 1.01 bits per heavy atom. The summed E-state index contributed by atoms with van der Waals surface area (Å²) in [5.41, 5.74) is 18.5. The number of aromatic nitrogens is 2. The van der Waals surface area contributed by atoms with E-state index in [-0.39, 0.29) is 10.8 Å². The highest BCUT2D eigenvalue weighted by molar-refractivity contribution is 7.09. The molecule has 0 unspecified atom stereocenters.